The van der Waals surface area contributed by atoms with Crippen molar-refractivity contribution in [1.82, 2.24) is 4.90 Å². The van der Waals surface area contributed by atoms with Crippen molar-refractivity contribution in [2.45, 2.75) is 46.1 Å². The molecule has 1 aromatic carbocycles. The van der Waals surface area contributed by atoms with Crippen LogP contribution in [0.1, 0.15) is 53.8 Å². The van der Waals surface area contributed by atoms with Gasteiger partial charge in [0.25, 0.3) is 11.7 Å². The van der Waals surface area contributed by atoms with Gasteiger partial charge in [-0.1, -0.05) is 31.9 Å². The first-order valence-corrected chi connectivity index (χ1v) is 10.8. The van der Waals surface area contributed by atoms with Crippen LogP contribution < -0.4 is 4.74 Å². The summed E-state index contributed by atoms with van der Waals surface area (Å²) in [4.78, 5) is 28.3. The number of amides is 1. The van der Waals surface area contributed by atoms with Gasteiger partial charge in [-0.3, -0.25) is 9.59 Å². The molecule has 1 aromatic heterocycles. The molecular weight excluding hydrogens is 386 g/mol. The van der Waals surface area contributed by atoms with E-state index in [2.05, 4.69) is 6.92 Å². The van der Waals surface area contributed by atoms with Gasteiger partial charge in [0, 0.05) is 11.4 Å². The monoisotopic (exact) mass is 413 g/mol. The van der Waals surface area contributed by atoms with Crippen LogP contribution >= 0.6 is 11.3 Å². The molecule has 1 aliphatic rings. The second-order valence-corrected chi connectivity index (χ2v) is 8.36. The highest BCUT2D eigenvalue weighted by atomic mass is 32.1. The molecule has 1 N–H and O–H groups in total. The van der Waals surface area contributed by atoms with E-state index in [0.717, 1.165) is 35.3 Å². The fraction of sp³-hybridized carbons (Fsp3) is 0.391. The Hall–Kier alpha value is -2.60. The largest absolute Gasteiger partial charge is 0.507 e. The normalized spacial score (nSPS) is 18.5. The fourth-order valence-electron chi connectivity index (χ4n) is 3.93. The maximum Gasteiger partial charge on any atom is 0.295 e. The van der Waals surface area contributed by atoms with Crippen molar-refractivity contribution in [1.29, 1.82) is 0 Å². The van der Waals surface area contributed by atoms with E-state index in [0.29, 0.717) is 17.9 Å². The number of methoxy groups -OCH3 is 1. The first kappa shape index (κ1) is 21.1. The molecule has 1 unspecified atom stereocenters. The smallest absolute Gasteiger partial charge is 0.295 e. The number of rotatable bonds is 7. The second-order valence-electron chi connectivity index (χ2n) is 7.38. The number of aliphatic hydroxyl groups is 1. The van der Waals surface area contributed by atoms with E-state index >= 15 is 0 Å². The Labute approximate surface area is 175 Å². The fourth-order valence-corrected chi connectivity index (χ4v) is 4.78. The summed E-state index contributed by atoms with van der Waals surface area (Å²) in [5.74, 6) is -0.860. The maximum absolute atomic E-state index is 13.0. The number of benzene rings is 1. The van der Waals surface area contributed by atoms with Crippen molar-refractivity contribution in [3.05, 3.63) is 56.8 Å². The lowest BCUT2D eigenvalue weighted by Crippen LogP contribution is -2.30. The molecule has 1 atom stereocenters. The highest BCUT2D eigenvalue weighted by molar-refractivity contribution is 7.10. The molecule has 1 aliphatic heterocycles. The molecule has 0 radical (unpaired) electrons. The van der Waals surface area contributed by atoms with E-state index in [4.69, 9.17) is 4.74 Å². The number of hydrogen-bond donors (Lipinski definition) is 1. The first-order chi connectivity index (χ1) is 13.9. The zero-order chi connectivity index (χ0) is 21.1. The summed E-state index contributed by atoms with van der Waals surface area (Å²) < 4.78 is 5.50. The number of likely N-dealkylation sites (tertiary alicyclic amines) is 1. The van der Waals surface area contributed by atoms with Gasteiger partial charge in [-0.25, -0.2) is 0 Å². The number of nitrogens with zero attached hydrogens (tertiary/aromatic N) is 1. The van der Waals surface area contributed by atoms with Gasteiger partial charge in [0.15, 0.2) is 0 Å². The third-order valence-corrected chi connectivity index (χ3v) is 6.16. The van der Waals surface area contributed by atoms with Crippen molar-refractivity contribution in [2.75, 3.05) is 13.7 Å². The Morgan fingerprint density at radius 1 is 1.24 bits per heavy atom. The lowest BCUT2D eigenvalue weighted by Gasteiger charge is -2.24. The van der Waals surface area contributed by atoms with Crippen molar-refractivity contribution in [3.8, 4) is 5.75 Å². The van der Waals surface area contributed by atoms with E-state index in [1.165, 1.54) is 18.4 Å². The van der Waals surface area contributed by atoms with E-state index in [1.807, 2.05) is 37.4 Å². The molecule has 0 bridgehead atoms. The molecule has 1 amide bonds. The first-order valence-electron chi connectivity index (χ1n) is 9.88. The maximum atomic E-state index is 13.0. The standard InChI is InChI=1S/C23H27NO4S/c1-5-6-7-10-24-19(17-9-8-11-29-17)18(21(26)23(24)27)20(25)16-13-14(2)12-15(3)22(16)28-4/h8-9,11-13,19,25H,5-7,10H2,1-4H3/b20-18-. The zero-order valence-corrected chi connectivity index (χ0v) is 18.1. The van der Waals surface area contributed by atoms with Gasteiger partial charge in [0.2, 0.25) is 0 Å². The third-order valence-electron chi connectivity index (χ3n) is 5.23. The van der Waals surface area contributed by atoms with Crippen LogP contribution in [0.25, 0.3) is 5.76 Å². The van der Waals surface area contributed by atoms with Gasteiger partial charge in [-0.15, -0.1) is 11.3 Å². The van der Waals surface area contributed by atoms with Crippen molar-refractivity contribution in [2.24, 2.45) is 0 Å². The molecule has 29 heavy (non-hydrogen) atoms. The van der Waals surface area contributed by atoms with Gasteiger partial charge >= 0.3 is 0 Å². The molecule has 0 spiro atoms. The molecule has 0 aliphatic carbocycles. The minimum Gasteiger partial charge on any atom is -0.507 e. The van der Waals surface area contributed by atoms with Gasteiger partial charge < -0.3 is 14.7 Å². The van der Waals surface area contributed by atoms with Gasteiger partial charge in [-0.2, -0.15) is 0 Å². The van der Waals surface area contributed by atoms with Crippen LogP contribution in [0.3, 0.4) is 0 Å². The Morgan fingerprint density at radius 2 is 2.00 bits per heavy atom. The van der Waals surface area contributed by atoms with Crippen LogP contribution in [-0.2, 0) is 9.59 Å². The third kappa shape index (κ3) is 3.94. The van der Waals surface area contributed by atoms with Crippen LogP contribution in [0.2, 0.25) is 0 Å². The van der Waals surface area contributed by atoms with Crippen molar-refractivity contribution in [3.63, 3.8) is 0 Å². The number of ether oxygens (including phenoxy) is 1. The summed E-state index contributed by atoms with van der Waals surface area (Å²) in [7, 11) is 1.54. The molecular formula is C23H27NO4S. The predicted molar refractivity (Wildman–Crippen MR) is 115 cm³/mol. The molecule has 5 nitrogen and oxygen atoms in total. The summed E-state index contributed by atoms with van der Waals surface area (Å²) in [6.07, 6.45) is 2.82. The summed E-state index contributed by atoms with van der Waals surface area (Å²) in [6.45, 7) is 6.39. The lowest BCUT2D eigenvalue weighted by atomic mass is 9.96. The second kappa shape index (κ2) is 8.82. The van der Waals surface area contributed by atoms with E-state index in [-0.39, 0.29) is 11.3 Å². The Balaban J connectivity index is 2.17. The van der Waals surface area contributed by atoms with E-state index in [1.54, 1.807) is 11.0 Å². The SMILES string of the molecule is CCCCCN1C(=O)C(=O)/C(=C(\O)c2cc(C)cc(C)c2OC)C1c1cccs1. The van der Waals surface area contributed by atoms with Gasteiger partial charge in [-0.05, 0) is 48.9 Å². The molecule has 1 fully saturated rings. The van der Waals surface area contributed by atoms with E-state index in [9.17, 15) is 14.7 Å². The van der Waals surface area contributed by atoms with Crippen LogP contribution in [0.5, 0.6) is 5.75 Å². The highest BCUT2D eigenvalue weighted by Crippen LogP contribution is 2.43. The van der Waals surface area contributed by atoms with Gasteiger partial charge in [0.05, 0.1) is 24.3 Å². The minimum atomic E-state index is -0.640. The number of thiophene rings is 1. The summed E-state index contributed by atoms with van der Waals surface area (Å²) >= 11 is 1.48. The average molecular weight is 414 g/mol. The minimum absolute atomic E-state index is 0.136. The van der Waals surface area contributed by atoms with Crippen LogP contribution in [0, 0.1) is 13.8 Å². The van der Waals surface area contributed by atoms with Crippen LogP contribution in [0.4, 0.5) is 0 Å². The van der Waals surface area contributed by atoms with E-state index < -0.39 is 17.7 Å². The molecule has 154 valence electrons. The molecule has 2 heterocycles. The number of Topliss-reactive ketones (excluding diaryl/α,β-unsaturated/α-hetero) is 1. The number of aryl methyl sites for hydroxylation is 2. The Bertz CT molecular complexity index is 946. The molecule has 0 saturated carbocycles. The Kier molecular flexibility index (Phi) is 6.42. The summed E-state index contributed by atoms with van der Waals surface area (Å²) in [6, 6.07) is 6.97. The topological polar surface area (TPSA) is 66.8 Å². The molecule has 3 rings (SSSR count). The van der Waals surface area contributed by atoms with Crippen LogP contribution in [0.15, 0.2) is 35.2 Å². The van der Waals surface area contributed by atoms with Crippen LogP contribution in [-0.4, -0.2) is 35.4 Å². The zero-order valence-electron chi connectivity index (χ0n) is 17.3. The number of aliphatic hydroxyl groups excluding tert-OH is 1. The molecule has 6 heteroatoms. The highest BCUT2D eigenvalue weighted by Gasteiger charge is 2.46. The lowest BCUT2D eigenvalue weighted by molar-refractivity contribution is -0.139. The number of carbonyl (C=O) groups excluding carboxylic acids is 2. The summed E-state index contributed by atoms with van der Waals surface area (Å²) in [5, 5.41) is 13.1. The number of hydrogen-bond acceptors (Lipinski definition) is 5. The number of ketones is 1. The van der Waals surface area contributed by atoms with Gasteiger partial charge in [0.1, 0.15) is 11.5 Å². The number of carbonyl (C=O) groups is 2. The van der Waals surface area contributed by atoms with Crippen molar-refractivity contribution >= 4 is 28.8 Å². The molecule has 1 saturated heterocycles. The predicted octanol–water partition coefficient (Wildman–Crippen LogP) is 4.99. The molecule has 2 aromatic rings. The quantitative estimate of drug-likeness (QED) is 0.301. The summed E-state index contributed by atoms with van der Waals surface area (Å²) in [5.41, 5.74) is 2.38. The Morgan fingerprint density at radius 3 is 2.62 bits per heavy atom. The average Bonchev–Trinajstić information content (AvgIpc) is 3.29. The van der Waals surface area contributed by atoms with Crippen molar-refractivity contribution < 1.29 is 19.4 Å². The number of unbranched alkanes of at least 4 members (excludes halogenated alkanes) is 2.